The first kappa shape index (κ1) is 69.9. The highest BCUT2D eigenvalue weighted by Gasteiger charge is 2.35. The molecule has 1 aromatic rings. The van der Waals surface area contributed by atoms with Crippen LogP contribution in [0, 0.1) is 0 Å². The Hall–Kier alpha value is -6.16. The molecule has 0 aromatic heterocycles. The summed E-state index contributed by atoms with van der Waals surface area (Å²) in [5.41, 5.74) is 16.9. The summed E-state index contributed by atoms with van der Waals surface area (Å²) in [6, 6.07) is 0.438. The number of amides is 7. The molecule has 1 aliphatic heterocycles. The molecule has 8 unspecified atom stereocenters. The van der Waals surface area contributed by atoms with E-state index in [0.29, 0.717) is 44.9 Å². The van der Waals surface area contributed by atoms with E-state index in [-0.39, 0.29) is 82.1 Å². The second-order valence-corrected chi connectivity index (χ2v) is 18.8. The van der Waals surface area contributed by atoms with E-state index in [0.717, 1.165) is 38.8 Å². The van der Waals surface area contributed by atoms with Crippen LogP contribution in [0.15, 0.2) is 35.3 Å². The standard InChI is InChI=1S/C39H63N11O10.C13H28N2O3.4H2/c1-5-17-42-20-30(54)45-25-14-10-15-26(37(59)50-32(22(3)51)29(53)6-2)47-38(60)33(23(4)52)49-31(55)21-44-34(56)28(19-24-12-8-7-9-13-24)48-36(58)27(46-35(25)57)16-11-18-43-39(40)41;1-2-7-15-8-9-17-10-11-18-12-13(16)5-3-4-6-14;;;;/h7-9,12-13,22-23,25-28,32-33,42,51-52H,5-6,10-11,14-21H2,1-4H3,(H,44,56)(H,45,54)(H,46,57)(H,47,60)(H,48,58)(H,49,55)(H,50,59)(H4,40,41,43);15H,2-12,14H2,1H3;4*1H. The number of hydrogen-bond acceptors (Lipinski definition) is 17. The van der Waals surface area contributed by atoms with Crippen LogP contribution < -0.4 is 65.1 Å². The number of nitrogens with zero attached hydrogens (tertiary/aromatic N) is 1. The Labute approximate surface area is 464 Å². The van der Waals surface area contributed by atoms with Gasteiger partial charge in [-0.25, -0.2) is 0 Å². The van der Waals surface area contributed by atoms with Gasteiger partial charge in [0.1, 0.15) is 42.9 Å². The molecule has 1 fully saturated rings. The minimum atomic E-state index is -1.63. The van der Waals surface area contributed by atoms with Gasteiger partial charge in [0.15, 0.2) is 17.5 Å². The summed E-state index contributed by atoms with van der Waals surface area (Å²) in [4.78, 5) is 123. The number of nitrogens with two attached hydrogens (primary N) is 3. The maximum absolute atomic E-state index is 14.0. The number of carbonyl (C=O) groups is 9. The number of Topliss-reactive ketones (excluding diaryl/α,β-unsaturated/α-hetero) is 2. The van der Waals surface area contributed by atoms with Crippen LogP contribution in [0.2, 0.25) is 0 Å². The summed E-state index contributed by atoms with van der Waals surface area (Å²) in [6.07, 6.45) is 1.18. The molecule has 8 atom stereocenters. The summed E-state index contributed by atoms with van der Waals surface area (Å²) in [6.45, 7) is 12.3. The lowest BCUT2D eigenvalue weighted by molar-refractivity contribution is -0.136. The number of hydrogen-bond donors (Lipinski definition) is 14. The van der Waals surface area contributed by atoms with Gasteiger partial charge in [-0.15, -0.1) is 0 Å². The third kappa shape index (κ3) is 31.3. The van der Waals surface area contributed by atoms with E-state index in [4.69, 9.17) is 26.7 Å². The molecule has 0 bridgehead atoms. The summed E-state index contributed by atoms with van der Waals surface area (Å²) < 4.78 is 10.6. The topological polar surface area (TPSA) is 411 Å². The Morgan fingerprint density at radius 3 is 2.12 bits per heavy atom. The van der Waals surface area contributed by atoms with Crippen molar-refractivity contribution >= 4 is 58.9 Å². The maximum Gasteiger partial charge on any atom is 0.245 e. The SMILES string of the molecule is CCCNCC(=O)NC1CCCC(C(=O)NC(C(=O)CC)C(C)O)NC(=O)C(C(C)O)NC(=O)CNC(=O)C(Cc2ccccc2)NC(=O)C(CCCN=C(N)N)NC1=O.CCCNCCOCCOCC(=O)CCCCN.[HH].[HH].[HH].[HH]. The number of unbranched alkanes of at least 4 members (excludes halogenated alkanes) is 1. The van der Waals surface area contributed by atoms with Gasteiger partial charge in [-0.05, 0) is 96.8 Å². The van der Waals surface area contributed by atoms with Crippen LogP contribution in [-0.4, -0.2) is 190 Å². The van der Waals surface area contributed by atoms with Crippen LogP contribution in [0.5, 0.6) is 0 Å². The third-order valence-corrected chi connectivity index (χ3v) is 11.9. The monoisotopic (exact) mass is 1110 g/mol. The van der Waals surface area contributed by atoms with Crippen LogP contribution in [0.3, 0.4) is 0 Å². The van der Waals surface area contributed by atoms with Crippen molar-refractivity contribution in [2.24, 2.45) is 22.2 Å². The molecule has 450 valence electrons. The maximum atomic E-state index is 14.0. The number of ether oxygens (including phenoxy) is 2. The average molecular weight is 1110 g/mol. The van der Waals surface area contributed by atoms with Crippen molar-refractivity contribution in [2.45, 2.75) is 160 Å². The van der Waals surface area contributed by atoms with Gasteiger partial charge in [0, 0.05) is 38.1 Å². The minimum absolute atomic E-state index is 0. The van der Waals surface area contributed by atoms with Crippen LogP contribution in [0.1, 0.15) is 117 Å². The fraction of sp³-hybridized carbons (Fsp3) is 0.692. The summed E-state index contributed by atoms with van der Waals surface area (Å²) in [5.74, 6) is -6.20. The number of benzene rings is 1. The quantitative estimate of drug-likeness (QED) is 0.0216. The number of nitrogens with one attached hydrogen (secondary N) is 9. The molecule has 7 amide bonds. The van der Waals surface area contributed by atoms with Crippen LogP contribution in [-0.2, 0) is 59.0 Å². The highest BCUT2D eigenvalue weighted by atomic mass is 16.5. The first-order chi connectivity index (χ1) is 37.3. The first-order valence-electron chi connectivity index (χ1n) is 27.1. The van der Waals surface area contributed by atoms with Gasteiger partial charge in [0.05, 0.1) is 45.1 Å². The summed E-state index contributed by atoms with van der Waals surface area (Å²) in [5, 5.41) is 44.8. The fourth-order valence-electron chi connectivity index (χ4n) is 7.58. The normalized spacial score (nSPS) is 19.9. The zero-order chi connectivity index (χ0) is 58.3. The number of carbonyl (C=O) groups excluding carboxylic acids is 9. The third-order valence-electron chi connectivity index (χ3n) is 11.9. The van der Waals surface area contributed by atoms with E-state index < -0.39 is 102 Å². The Bertz CT molecular complexity index is 2020. The highest BCUT2D eigenvalue weighted by molar-refractivity contribution is 5.97. The van der Waals surface area contributed by atoms with Crippen molar-refractivity contribution in [1.29, 1.82) is 0 Å². The largest absolute Gasteiger partial charge is 0.391 e. The molecule has 0 radical (unpaired) electrons. The van der Waals surface area contributed by atoms with Gasteiger partial charge < -0.3 is 84.7 Å². The van der Waals surface area contributed by atoms with E-state index in [1.165, 1.54) is 13.8 Å². The minimum Gasteiger partial charge on any atom is -0.391 e. The van der Waals surface area contributed by atoms with E-state index in [1.54, 1.807) is 37.3 Å². The molecule has 1 saturated heterocycles. The molecule has 17 N–H and O–H groups in total. The number of aliphatic imine (C=N–C) groups is 1. The lowest BCUT2D eigenvalue weighted by Gasteiger charge is -2.27. The van der Waals surface area contributed by atoms with Crippen molar-refractivity contribution in [2.75, 3.05) is 72.2 Å². The van der Waals surface area contributed by atoms with E-state index >= 15 is 0 Å². The van der Waals surface area contributed by atoms with Crippen LogP contribution >= 0.6 is 0 Å². The number of rotatable bonds is 31. The lowest BCUT2D eigenvalue weighted by atomic mass is 10.0. The van der Waals surface area contributed by atoms with Crippen molar-refractivity contribution in [3.05, 3.63) is 35.9 Å². The smallest absolute Gasteiger partial charge is 0.245 e. The van der Waals surface area contributed by atoms with Crippen molar-refractivity contribution < 1.29 is 68.5 Å². The molecule has 1 aliphatic rings. The Kier molecular flexibility index (Phi) is 37.5. The molecule has 1 heterocycles. The zero-order valence-corrected chi connectivity index (χ0v) is 46.3. The van der Waals surface area contributed by atoms with Crippen molar-refractivity contribution in [3.8, 4) is 0 Å². The van der Waals surface area contributed by atoms with E-state index in [9.17, 15) is 53.4 Å². The van der Waals surface area contributed by atoms with E-state index in [1.807, 2.05) is 6.92 Å². The van der Waals surface area contributed by atoms with Gasteiger partial charge >= 0.3 is 0 Å². The molecule has 1 aromatic carbocycles. The fourth-order valence-corrected chi connectivity index (χ4v) is 7.58. The van der Waals surface area contributed by atoms with Crippen molar-refractivity contribution in [3.63, 3.8) is 0 Å². The summed E-state index contributed by atoms with van der Waals surface area (Å²) >= 11 is 0. The van der Waals surface area contributed by atoms with E-state index in [2.05, 4.69) is 59.8 Å². The molecule has 2 rings (SSSR count). The predicted octanol–water partition coefficient (Wildman–Crippen LogP) is -2.07. The van der Waals surface area contributed by atoms with Gasteiger partial charge in [-0.2, -0.15) is 0 Å². The second-order valence-electron chi connectivity index (χ2n) is 18.8. The second kappa shape index (κ2) is 41.9. The highest BCUT2D eigenvalue weighted by Crippen LogP contribution is 2.12. The summed E-state index contributed by atoms with van der Waals surface area (Å²) in [7, 11) is 0. The van der Waals surface area contributed by atoms with Gasteiger partial charge in [-0.3, -0.25) is 48.1 Å². The number of aliphatic hydroxyl groups excluding tert-OH is 2. The first-order valence-corrected chi connectivity index (χ1v) is 27.1. The van der Waals surface area contributed by atoms with Gasteiger partial charge in [0.25, 0.3) is 0 Å². The number of guanidine groups is 1. The Balaban J connectivity index is -0.00000118. The van der Waals surface area contributed by atoms with Crippen LogP contribution in [0.4, 0.5) is 0 Å². The molecular formula is C52H99N13O13. The van der Waals surface area contributed by atoms with Crippen LogP contribution in [0.25, 0.3) is 0 Å². The number of aliphatic hydroxyl groups is 2. The van der Waals surface area contributed by atoms with Gasteiger partial charge in [-0.1, -0.05) is 51.1 Å². The molecule has 26 heteroatoms. The van der Waals surface area contributed by atoms with Gasteiger partial charge in [0.2, 0.25) is 41.4 Å². The zero-order valence-electron chi connectivity index (χ0n) is 46.3. The molecule has 0 aliphatic carbocycles. The molecule has 26 nitrogen and oxygen atoms in total. The Morgan fingerprint density at radius 1 is 0.795 bits per heavy atom. The van der Waals surface area contributed by atoms with Crippen molar-refractivity contribution in [1.82, 2.24) is 47.9 Å². The molecule has 0 spiro atoms. The molecular weight excluding hydrogens is 1010 g/mol. The lowest BCUT2D eigenvalue weighted by Crippen LogP contribution is -2.60. The average Bonchev–Trinajstić information content (AvgIpc) is 3.40. The Morgan fingerprint density at radius 2 is 1.47 bits per heavy atom. The predicted molar refractivity (Wildman–Crippen MR) is 301 cm³/mol. The molecule has 0 saturated carbocycles. The number of ketones is 2. The molecule has 78 heavy (non-hydrogen) atoms.